The van der Waals surface area contributed by atoms with Crippen LogP contribution in [0.5, 0.6) is 0 Å². The van der Waals surface area contributed by atoms with E-state index in [2.05, 4.69) is 4.74 Å². The van der Waals surface area contributed by atoms with Gasteiger partial charge in [0, 0.05) is 0 Å². The van der Waals surface area contributed by atoms with Crippen LogP contribution in [0.25, 0.3) is 0 Å². The summed E-state index contributed by atoms with van der Waals surface area (Å²) in [7, 11) is 0. The number of carbonyl (C=O) groups is 2. The van der Waals surface area contributed by atoms with Crippen LogP contribution in [0.3, 0.4) is 0 Å². The molecule has 1 aliphatic rings. The lowest BCUT2D eigenvalue weighted by Gasteiger charge is -2.14. The quantitative estimate of drug-likeness (QED) is 0.364. The minimum absolute atomic E-state index is 0.528. The fraction of sp³-hybridized carbons (Fsp3) is 0.667. The molecule has 0 saturated carbocycles. The number of hydrogen-bond donors (Lipinski definition) is 1. The maximum Gasteiger partial charge on any atom is 0.334 e. The Kier molecular flexibility index (Phi) is 1.29. The van der Waals surface area contributed by atoms with Crippen molar-refractivity contribution in [2.45, 2.75) is 19.4 Å². The molecule has 2 N–H and O–H groups in total. The largest absolute Gasteiger partial charge is 0.391 e. The smallest absolute Gasteiger partial charge is 0.334 e. The van der Waals surface area contributed by atoms with Crippen LogP contribution in [0.4, 0.5) is 0 Å². The van der Waals surface area contributed by atoms with Gasteiger partial charge in [0.15, 0.2) is 0 Å². The zero-order valence-corrected chi connectivity index (χ0v) is 5.88. The van der Waals surface area contributed by atoms with Gasteiger partial charge in [-0.15, -0.1) is 0 Å². The van der Waals surface area contributed by atoms with Crippen LogP contribution in [0.15, 0.2) is 0 Å². The van der Waals surface area contributed by atoms with Crippen LogP contribution in [-0.2, 0) is 14.3 Å². The summed E-state index contributed by atoms with van der Waals surface area (Å²) in [6.07, 6.45) is 0. The average molecular weight is 143 g/mol. The highest BCUT2D eigenvalue weighted by atomic mass is 16.6. The normalized spacial score (nSPS) is 40.1. The molecule has 56 valence electrons. The Bertz CT molecular complexity index is 197. The van der Waals surface area contributed by atoms with Gasteiger partial charge in [-0.1, -0.05) is 0 Å². The molecule has 10 heavy (non-hydrogen) atoms. The van der Waals surface area contributed by atoms with E-state index in [0.29, 0.717) is 0 Å². The molecular weight excluding hydrogens is 134 g/mol. The van der Waals surface area contributed by atoms with Gasteiger partial charge in [-0.2, -0.15) is 0 Å². The van der Waals surface area contributed by atoms with E-state index in [1.165, 1.54) is 6.92 Å². The lowest BCUT2D eigenvalue weighted by molar-refractivity contribution is -0.153. The molecule has 0 aliphatic carbocycles. The molecule has 0 aromatic carbocycles. The second kappa shape index (κ2) is 1.79. The molecule has 0 bridgehead atoms. The molecule has 4 nitrogen and oxygen atoms in total. The molecule has 0 aromatic rings. The third kappa shape index (κ3) is 0.724. The van der Waals surface area contributed by atoms with Crippen molar-refractivity contribution in [1.29, 1.82) is 0 Å². The fourth-order valence-electron chi connectivity index (χ4n) is 0.711. The number of carbonyl (C=O) groups excluding carboxylic acids is 2. The zero-order valence-electron chi connectivity index (χ0n) is 5.88. The summed E-state index contributed by atoms with van der Waals surface area (Å²) < 4.78 is 4.29. The highest BCUT2D eigenvalue weighted by Gasteiger charge is 2.49. The monoisotopic (exact) mass is 143 g/mol. The number of cyclic esters (lactones) is 2. The van der Waals surface area contributed by atoms with Crippen molar-refractivity contribution in [2.75, 3.05) is 0 Å². The minimum Gasteiger partial charge on any atom is -0.391 e. The fourth-order valence-corrected chi connectivity index (χ4v) is 0.711. The summed E-state index contributed by atoms with van der Waals surface area (Å²) >= 11 is 0. The van der Waals surface area contributed by atoms with Gasteiger partial charge in [-0.25, -0.2) is 4.79 Å². The number of esters is 2. The van der Waals surface area contributed by atoms with E-state index >= 15 is 0 Å². The van der Waals surface area contributed by atoms with Crippen molar-refractivity contribution < 1.29 is 14.3 Å². The van der Waals surface area contributed by atoms with Crippen molar-refractivity contribution >= 4 is 11.9 Å². The van der Waals surface area contributed by atoms with E-state index in [1.807, 2.05) is 0 Å². The van der Waals surface area contributed by atoms with E-state index in [1.54, 1.807) is 6.92 Å². The number of ether oxygens (including phenoxy) is 1. The molecule has 0 spiro atoms. The predicted octanol–water partition coefficient (Wildman–Crippen LogP) is -0.577. The summed E-state index contributed by atoms with van der Waals surface area (Å²) in [4.78, 5) is 21.4. The molecule has 4 heteroatoms. The third-order valence-electron chi connectivity index (χ3n) is 1.89. The molecule has 2 unspecified atom stereocenters. The van der Waals surface area contributed by atoms with Crippen molar-refractivity contribution in [3.05, 3.63) is 0 Å². The Balaban J connectivity index is 2.96. The summed E-state index contributed by atoms with van der Waals surface area (Å²) in [5.74, 6) is -1.69. The van der Waals surface area contributed by atoms with E-state index in [4.69, 9.17) is 5.73 Å². The second-order valence-corrected chi connectivity index (χ2v) is 2.71. The standard InChI is InChI=1S/C6H9NO3/c1-3-4(8)10-5(9)6(3,2)7/h3H,7H2,1-2H3. The summed E-state index contributed by atoms with van der Waals surface area (Å²) in [6.45, 7) is 3.07. The first-order chi connectivity index (χ1) is 4.46. The Morgan fingerprint density at radius 2 is 2.10 bits per heavy atom. The SMILES string of the molecule is CC1C(=O)OC(=O)C1(C)N. The van der Waals surface area contributed by atoms with Gasteiger partial charge in [0.1, 0.15) is 5.54 Å². The molecule has 0 amide bonds. The lowest BCUT2D eigenvalue weighted by atomic mass is 9.91. The minimum atomic E-state index is -1.13. The average Bonchev–Trinajstić information content (AvgIpc) is 1.97. The van der Waals surface area contributed by atoms with Gasteiger partial charge in [-0.3, -0.25) is 4.79 Å². The molecule has 1 aliphatic heterocycles. The molecular formula is C6H9NO3. The van der Waals surface area contributed by atoms with Crippen LogP contribution in [0, 0.1) is 5.92 Å². The molecule has 2 atom stereocenters. The number of hydrogen-bond acceptors (Lipinski definition) is 4. The Morgan fingerprint density at radius 1 is 1.60 bits per heavy atom. The maximum absolute atomic E-state index is 10.7. The molecule has 1 rings (SSSR count). The molecule has 0 aromatic heterocycles. The highest BCUT2D eigenvalue weighted by molar-refractivity contribution is 6.01. The number of rotatable bonds is 0. The van der Waals surface area contributed by atoms with Gasteiger partial charge in [0.2, 0.25) is 0 Å². The van der Waals surface area contributed by atoms with E-state index in [9.17, 15) is 9.59 Å². The van der Waals surface area contributed by atoms with E-state index in [-0.39, 0.29) is 0 Å². The van der Waals surface area contributed by atoms with Gasteiger partial charge in [-0.05, 0) is 13.8 Å². The van der Waals surface area contributed by atoms with Crippen molar-refractivity contribution in [1.82, 2.24) is 0 Å². The van der Waals surface area contributed by atoms with Crippen LogP contribution >= 0.6 is 0 Å². The number of nitrogens with two attached hydrogens (primary N) is 1. The van der Waals surface area contributed by atoms with E-state index in [0.717, 1.165) is 0 Å². The summed E-state index contributed by atoms with van der Waals surface area (Å²) in [5.41, 5.74) is 4.33. The Hall–Kier alpha value is -0.900. The first-order valence-electron chi connectivity index (χ1n) is 3.01. The lowest BCUT2D eigenvalue weighted by Crippen LogP contribution is -2.46. The third-order valence-corrected chi connectivity index (χ3v) is 1.89. The molecule has 1 fully saturated rings. The molecule has 0 radical (unpaired) electrons. The van der Waals surface area contributed by atoms with Crippen molar-refractivity contribution in [3.8, 4) is 0 Å². The first kappa shape index (κ1) is 7.21. The Labute approximate surface area is 58.3 Å². The molecule has 1 heterocycles. The molecule has 1 saturated heterocycles. The van der Waals surface area contributed by atoms with Crippen LogP contribution in [0.1, 0.15) is 13.8 Å². The first-order valence-corrected chi connectivity index (χ1v) is 3.01. The van der Waals surface area contributed by atoms with E-state index < -0.39 is 23.4 Å². The van der Waals surface area contributed by atoms with Crippen LogP contribution in [0.2, 0.25) is 0 Å². The van der Waals surface area contributed by atoms with Gasteiger partial charge < -0.3 is 10.5 Å². The van der Waals surface area contributed by atoms with Gasteiger partial charge >= 0.3 is 11.9 Å². The topological polar surface area (TPSA) is 69.4 Å². The van der Waals surface area contributed by atoms with Gasteiger partial charge in [0.05, 0.1) is 5.92 Å². The predicted molar refractivity (Wildman–Crippen MR) is 32.9 cm³/mol. The summed E-state index contributed by atoms with van der Waals surface area (Å²) in [6, 6.07) is 0. The highest BCUT2D eigenvalue weighted by Crippen LogP contribution is 2.24. The maximum atomic E-state index is 10.7. The van der Waals surface area contributed by atoms with Crippen LogP contribution < -0.4 is 5.73 Å². The zero-order chi connectivity index (χ0) is 7.94. The van der Waals surface area contributed by atoms with Crippen molar-refractivity contribution in [2.24, 2.45) is 11.7 Å². The van der Waals surface area contributed by atoms with Crippen molar-refractivity contribution in [3.63, 3.8) is 0 Å². The Morgan fingerprint density at radius 3 is 2.20 bits per heavy atom. The second-order valence-electron chi connectivity index (χ2n) is 2.71. The van der Waals surface area contributed by atoms with Crippen LogP contribution in [-0.4, -0.2) is 17.5 Å². The van der Waals surface area contributed by atoms with Gasteiger partial charge in [0.25, 0.3) is 0 Å². The summed E-state index contributed by atoms with van der Waals surface area (Å²) in [5, 5.41) is 0.